The average molecular weight is 334 g/mol. The molecule has 0 bridgehead atoms. The van der Waals surface area contributed by atoms with Crippen LogP contribution in [0.3, 0.4) is 0 Å². The van der Waals surface area contributed by atoms with E-state index in [9.17, 15) is 5.11 Å². The molecule has 1 aromatic heterocycles. The number of hydrogen-bond donors (Lipinski definition) is 1. The van der Waals surface area contributed by atoms with Crippen LogP contribution in [0.1, 0.15) is 0 Å². The van der Waals surface area contributed by atoms with Gasteiger partial charge in [0.05, 0.1) is 0 Å². The first-order valence-corrected chi connectivity index (χ1v) is 8.69. The van der Waals surface area contributed by atoms with E-state index in [0.717, 1.165) is 54.6 Å². The molecule has 0 fully saturated rings. The van der Waals surface area contributed by atoms with Crippen molar-refractivity contribution < 1.29 is 9.52 Å². The van der Waals surface area contributed by atoms with Crippen molar-refractivity contribution in [1.82, 2.24) is 0 Å². The summed E-state index contributed by atoms with van der Waals surface area (Å²) < 4.78 is 6.10. The molecule has 0 saturated heterocycles. The maximum Gasteiger partial charge on any atom is 0.136 e. The highest BCUT2D eigenvalue weighted by Gasteiger charge is 2.19. The standard InChI is InChI=1S/C24H14O2/c25-15-12-18(14-6-2-1-3-7-14)22-17-9-5-11-21-24(17)23-16(19(22)13-15)8-4-10-20(23)26-21/h1-13,25H. The summed E-state index contributed by atoms with van der Waals surface area (Å²) in [6, 6.07) is 26.3. The van der Waals surface area contributed by atoms with E-state index in [0.29, 0.717) is 0 Å². The first-order valence-electron chi connectivity index (χ1n) is 8.69. The van der Waals surface area contributed by atoms with Gasteiger partial charge in [-0.2, -0.15) is 0 Å². The van der Waals surface area contributed by atoms with E-state index < -0.39 is 0 Å². The number of phenols is 1. The van der Waals surface area contributed by atoms with Gasteiger partial charge in [-0.05, 0) is 56.9 Å². The van der Waals surface area contributed by atoms with Gasteiger partial charge in [-0.1, -0.05) is 54.6 Å². The smallest absolute Gasteiger partial charge is 0.136 e. The monoisotopic (exact) mass is 334 g/mol. The molecule has 0 aliphatic carbocycles. The molecule has 26 heavy (non-hydrogen) atoms. The van der Waals surface area contributed by atoms with Gasteiger partial charge in [-0.15, -0.1) is 0 Å². The fourth-order valence-corrected chi connectivity index (χ4v) is 4.27. The van der Waals surface area contributed by atoms with Crippen LogP contribution in [0.15, 0.2) is 83.3 Å². The quantitative estimate of drug-likeness (QED) is 0.339. The van der Waals surface area contributed by atoms with Gasteiger partial charge in [0.15, 0.2) is 0 Å². The Morgan fingerprint density at radius 2 is 1.27 bits per heavy atom. The molecule has 0 unspecified atom stereocenters. The van der Waals surface area contributed by atoms with Gasteiger partial charge in [0.25, 0.3) is 0 Å². The van der Waals surface area contributed by atoms with Crippen molar-refractivity contribution >= 4 is 43.5 Å². The first kappa shape index (κ1) is 13.7. The van der Waals surface area contributed by atoms with Crippen LogP contribution in [0.5, 0.6) is 5.75 Å². The Morgan fingerprint density at radius 1 is 0.577 bits per heavy atom. The van der Waals surface area contributed by atoms with E-state index in [4.69, 9.17) is 4.42 Å². The third kappa shape index (κ3) is 1.66. The van der Waals surface area contributed by atoms with Crippen molar-refractivity contribution in [2.45, 2.75) is 0 Å². The number of benzene rings is 5. The maximum absolute atomic E-state index is 10.5. The normalized spacial score (nSPS) is 12.0. The molecule has 6 rings (SSSR count). The highest BCUT2D eigenvalue weighted by Crippen LogP contribution is 2.46. The van der Waals surface area contributed by atoms with E-state index in [1.165, 1.54) is 0 Å². The minimum Gasteiger partial charge on any atom is -0.508 e. The molecule has 1 N–H and O–H groups in total. The van der Waals surface area contributed by atoms with Crippen LogP contribution >= 0.6 is 0 Å². The first-order chi connectivity index (χ1) is 12.8. The Labute approximate surface area is 149 Å². The number of furan rings is 1. The molecular formula is C24H14O2. The minimum absolute atomic E-state index is 0.277. The molecule has 0 aliphatic heterocycles. The zero-order chi connectivity index (χ0) is 17.3. The Balaban J connectivity index is 1.98. The molecule has 0 radical (unpaired) electrons. The van der Waals surface area contributed by atoms with Crippen LogP contribution in [0.4, 0.5) is 0 Å². The highest BCUT2D eigenvalue weighted by atomic mass is 16.3. The van der Waals surface area contributed by atoms with Gasteiger partial charge >= 0.3 is 0 Å². The van der Waals surface area contributed by atoms with Gasteiger partial charge in [0.2, 0.25) is 0 Å². The molecule has 0 aliphatic rings. The third-order valence-corrected chi connectivity index (χ3v) is 5.29. The summed E-state index contributed by atoms with van der Waals surface area (Å²) in [6.45, 7) is 0. The number of fused-ring (bicyclic) bond motifs is 3. The van der Waals surface area contributed by atoms with E-state index in [2.05, 4.69) is 24.3 Å². The molecule has 5 aromatic carbocycles. The number of aromatic hydroxyl groups is 1. The van der Waals surface area contributed by atoms with Gasteiger partial charge in [-0.25, -0.2) is 0 Å². The van der Waals surface area contributed by atoms with Gasteiger partial charge < -0.3 is 9.52 Å². The third-order valence-electron chi connectivity index (χ3n) is 5.29. The molecule has 0 saturated carbocycles. The van der Waals surface area contributed by atoms with Crippen LogP contribution in [0.25, 0.3) is 54.6 Å². The Bertz CT molecular complexity index is 1430. The topological polar surface area (TPSA) is 33.4 Å². The lowest BCUT2D eigenvalue weighted by Gasteiger charge is -2.13. The predicted molar refractivity (Wildman–Crippen MR) is 107 cm³/mol. The van der Waals surface area contributed by atoms with Crippen LogP contribution in [-0.2, 0) is 0 Å². The fraction of sp³-hybridized carbons (Fsp3) is 0. The largest absolute Gasteiger partial charge is 0.508 e. The molecule has 2 heteroatoms. The van der Waals surface area contributed by atoms with Crippen molar-refractivity contribution in [2.24, 2.45) is 0 Å². The van der Waals surface area contributed by atoms with E-state index >= 15 is 0 Å². The summed E-state index contributed by atoms with van der Waals surface area (Å²) in [4.78, 5) is 0. The minimum atomic E-state index is 0.277. The molecular weight excluding hydrogens is 320 g/mol. The second-order valence-electron chi connectivity index (χ2n) is 6.74. The lowest BCUT2D eigenvalue weighted by Crippen LogP contribution is -1.86. The number of rotatable bonds is 1. The molecule has 2 nitrogen and oxygen atoms in total. The van der Waals surface area contributed by atoms with Crippen LogP contribution in [0.2, 0.25) is 0 Å². The average Bonchev–Trinajstić information content (AvgIpc) is 3.07. The van der Waals surface area contributed by atoms with Crippen molar-refractivity contribution in [3.63, 3.8) is 0 Å². The molecule has 1 heterocycles. The zero-order valence-corrected chi connectivity index (χ0v) is 13.9. The van der Waals surface area contributed by atoms with Gasteiger partial charge in [-0.3, -0.25) is 0 Å². The van der Waals surface area contributed by atoms with Gasteiger partial charge in [0, 0.05) is 10.8 Å². The maximum atomic E-state index is 10.5. The molecule has 0 spiro atoms. The summed E-state index contributed by atoms with van der Waals surface area (Å²) in [6.07, 6.45) is 0. The van der Waals surface area contributed by atoms with E-state index in [1.807, 2.05) is 54.6 Å². The fourth-order valence-electron chi connectivity index (χ4n) is 4.27. The second kappa shape index (κ2) is 4.77. The van der Waals surface area contributed by atoms with Crippen molar-refractivity contribution in [3.8, 4) is 16.9 Å². The summed E-state index contributed by atoms with van der Waals surface area (Å²) in [5.74, 6) is 0.277. The lowest BCUT2D eigenvalue weighted by molar-refractivity contribution is 0.476. The van der Waals surface area contributed by atoms with Crippen molar-refractivity contribution in [1.29, 1.82) is 0 Å². The zero-order valence-electron chi connectivity index (χ0n) is 13.9. The van der Waals surface area contributed by atoms with Crippen molar-refractivity contribution in [3.05, 3.63) is 78.9 Å². The Morgan fingerprint density at radius 3 is 2.04 bits per heavy atom. The van der Waals surface area contributed by atoms with Crippen LogP contribution < -0.4 is 0 Å². The summed E-state index contributed by atoms with van der Waals surface area (Å²) in [7, 11) is 0. The van der Waals surface area contributed by atoms with E-state index in [1.54, 1.807) is 0 Å². The van der Waals surface area contributed by atoms with E-state index in [-0.39, 0.29) is 5.75 Å². The number of phenolic OH excluding ortho intramolecular Hbond substituents is 1. The lowest BCUT2D eigenvalue weighted by atomic mass is 9.89. The summed E-state index contributed by atoms with van der Waals surface area (Å²) in [5, 5.41) is 17.2. The Hall–Kier alpha value is -3.52. The summed E-state index contributed by atoms with van der Waals surface area (Å²) >= 11 is 0. The summed E-state index contributed by atoms with van der Waals surface area (Å²) in [5.41, 5.74) is 3.93. The predicted octanol–water partition coefficient (Wildman–Crippen LogP) is 6.70. The highest BCUT2D eigenvalue weighted by molar-refractivity contribution is 6.35. The molecule has 0 atom stereocenters. The Kier molecular flexibility index (Phi) is 2.52. The number of hydrogen-bond acceptors (Lipinski definition) is 2. The van der Waals surface area contributed by atoms with Crippen molar-refractivity contribution in [2.75, 3.05) is 0 Å². The second-order valence-corrected chi connectivity index (χ2v) is 6.74. The molecule has 122 valence electrons. The van der Waals surface area contributed by atoms with Crippen LogP contribution in [0, 0.1) is 0 Å². The SMILES string of the molecule is Oc1cc(-c2ccccc2)c2c(c1)c1cccc3oc4cccc2c4c31. The van der Waals surface area contributed by atoms with Crippen LogP contribution in [-0.4, -0.2) is 5.11 Å². The molecule has 0 amide bonds. The molecule has 6 aromatic rings. The van der Waals surface area contributed by atoms with Gasteiger partial charge in [0.1, 0.15) is 16.9 Å².